The van der Waals surface area contributed by atoms with Crippen molar-refractivity contribution >= 4 is 0 Å². The van der Waals surface area contributed by atoms with Crippen LogP contribution in [0, 0.1) is 11.6 Å². The first-order valence-corrected chi connectivity index (χ1v) is 5.93. The Bertz CT molecular complexity index is 335. The Hall–Kier alpha value is -1.00. The number of hydrogen-bond acceptors (Lipinski definition) is 2. The SMILES string of the molecule is CCCN(C)CCC(N)c1cc(F)cc(F)c1. The molecule has 0 fully saturated rings. The molecule has 1 unspecified atom stereocenters. The second-order valence-electron chi connectivity index (χ2n) is 4.40. The summed E-state index contributed by atoms with van der Waals surface area (Å²) in [6.07, 6.45) is 1.78. The quantitative estimate of drug-likeness (QED) is 0.831. The van der Waals surface area contributed by atoms with E-state index in [1.165, 1.54) is 12.1 Å². The lowest BCUT2D eigenvalue weighted by Crippen LogP contribution is -2.24. The van der Waals surface area contributed by atoms with E-state index in [4.69, 9.17) is 5.73 Å². The summed E-state index contributed by atoms with van der Waals surface area (Å²) in [5, 5.41) is 0. The van der Waals surface area contributed by atoms with Gasteiger partial charge in [0.1, 0.15) is 11.6 Å². The minimum atomic E-state index is -0.572. The van der Waals surface area contributed by atoms with Crippen LogP contribution in [0.5, 0.6) is 0 Å². The van der Waals surface area contributed by atoms with Crippen LogP contribution in [-0.4, -0.2) is 25.0 Å². The zero-order valence-corrected chi connectivity index (χ0v) is 10.4. The first kappa shape index (κ1) is 14.1. The summed E-state index contributed by atoms with van der Waals surface area (Å²) < 4.78 is 26.0. The van der Waals surface area contributed by atoms with Crippen molar-refractivity contribution in [2.75, 3.05) is 20.1 Å². The van der Waals surface area contributed by atoms with Gasteiger partial charge in [-0.3, -0.25) is 0 Å². The van der Waals surface area contributed by atoms with Gasteiger partial charge in [0.15, 0.2) is 0 Å². The number of halogens is 2. The van der Waals surface area contributed by atoms with Gasteiger partial charge in [-0.1, -0.05) is 6.92 Å². The van der Waals surface area contributed by atoms with Crippen molar-refractivity contribution in [1.29, 1.82) is 0 Å². The Labute approximate surface area is 101 Å². The van der Waals surface area contributed by atoms with Crippen molar-refractivity contribution in [3.63, 3.8) is 0 Å². The summed E-state index contributed by atoms with van der Waals surface area (Å²) >= 11 is 0. The van der Waals surface area contributed by atoms with Crippen LogP contribution in [0.3, 0.4) is 0 Å². The third-order valence-corrected chi connectivity index (χ3v) is 2.74. The smallest absolute Gasteiger partial charge is 0.126 e. The Balaban J connectivity index is 2.54. The number of nitrogens with zero attached hydrogens (tertiary/aromatic N) is 1. The van der Waals surface area contributed by atoms with Crippen molar-refractivity contribution < 1.29 is 8.78 Å². The maximum absolute atomic E-state index is 13.0. The monoisotopic (exact) mass is 242 g/mol. The van der Waals surface area contributed by atoms with E-state index in [1.807, 2.05) is 7.05 Å². The number of nitrogens with two attached hydrogens (primary N) is 1. The summed E-state index contributed by atoms with van der Waals surface area (Å²) in [6, 6.07) is 3.14. The Morgan fingerprint density at radius 2 is 1.76 bits per heavy atom. The van der Waals surface area contributed by atoms with E-state index in [0.717, 1.165) is 25.6 Å². The zero-order valence-electron chi connectivity index (χ0n) is 10.4. The van der Waals surface area contributed by atoms with Crippen molar-refractivity contribution in [3.8, 4) is 0 Å². The number of rotatable bonds is 6. The first-order chi connectivity index (χ1) is 8.02. The lowest BCUT2D eigenvalue weighted by atomic mass is 10.0. The van der Waals surface area contributed by atoms with Crippen molar-refractivity contribution in [2.45, 2.75) is 25.8 Å². The standard InChI is InChI=1S/C13H20F2N2/c1-3-5-17(2)6-4-13(16)10-7-11(14)9-12(15)8-10/h7-9,13H,3-6,16H2,1-2H3. The average molecular weight is 242 g/mol. The van der Waals surface area contributed by atoms with E-state index >= 15 is 0 Å². The molecule has 0 aliphatic carbocycles. The molecule has 17 heavy (non-hydrogen) atoms. The van der Waals surface area contributed by atoms with Gasteiger partial charge in [-0.15, -0.1) is 0 Å². The molecular weight excluding hydrogens is 222 g/mol. The van der Waals surface area contributed by atoms with Crippen LogP contribution in [0.2, 0.25) is 0 Å². The van der Waals surface area contributed by atoms with Gasteiger partial charge in [0.05, 0.1) is 0 Å². The van der Waals surface area contributed by atoms with Crippen molar-refractivity contribution in [3.05, 3.63) is 35.4 Å². The second kappa shape index (κ2) is 6.67. The van der Waals surface area contributed by atoms with Crippen LogP contribution < -0.4 is 5.73 Å². The van der Waals surface area contributed by atoms with E-state index in [2.05, 4.69) is 11.8 Å². The summed E-state index contributed by atoms with van der Waals surface area (Å²) in [5.41, 5.74) is 6.44. The van der Waals surface area contributed by atoms with E-state index < -0.39 is 11.6 Å². The van der Waals surface area contributed by atoms with E-state index in [9.17, 15) is 8.78 Å². The predicted octanol–water partition coefficient (Wildman–Crippen LogP) is 2.70. The minimum absolute atomic E-state index is 0.320. The molecule has 2 N–H and O–H groups in total. The molecule has 0 aromatic heterocycles. The third kappa shape index (κ3) is 4.79. The molecule has 0 spiro atoms. The van der Waals surface area contributed by atoms with E-state index in [1.54, 1.807) is 0 Å². The van der Waals surface area contributed by atoms with Crippen LogP contribution in [0.15, 0.2) is 18.2 Å². The third-order valence-electron chi connectivity index (χ3n) is 2.74. The molecule has 0 aliphatic heterocycles. The van der Waals surface area contributed by atoms with Gasteiger partial charge in [0.2, 0.25) is 0 Å². The average Bonchev–Trinajstić information content (AvgIpc) is 2.25. The lowest BCUT2D eigenvalue weighted by Gasteiger charge is -2.18. The molecule has 1 aromatic rings. The number of hydrogen-bond donors (Lipinski definition) is 1. The van der Waals surface area contributed by atoms with Gasteiger partial charge >= 0.3 is 0 Å². The molecule has 0 aliphatic rings. The van der Waals surface area contributed by atoms with Crippen LogP contribution in [0.4, 0.5) is 8.78 Å². The fraction of sp³-hybridized carbons (Fsp3) is 0.538. The van der Waals surface area contributed by atoms with Crippen LogP contribution >= 0.6 is 0 Å². The summed E-state index contributed by atoms with van der Waals surface area (Å²) in [6.45, 7) is 3.94. The molecule has 1 atom stereocenters. The Morgan fingerprint density at radius 1 is 1.18 bits per heavy atom. The number of benzene rings is 1. The van der Waals surface area contributed by atoms with Crippen LogP contribution in [0.25, 0.3) is 0 Å². The molecule has 0 radical (unpaired) electrons. The molecule has 0 saturated carbocycles. The minimum Gasteiger partial charge on any atom is -0.324 e. The van der Waals surface area contributed by atoms with E-state index in [-0.39, 0.29) is 6.04 Å². The van der Waals surface area contributed by atoms with Gasteiger partial charge in [-0.2, -0.15) is 0 Å². The summed E-state index contributed by atoms with van der Waals surface area (Å²) in [4.78, 5) is 2.16. The highest BCUT2D eigenvalue weighted by atomic mass is 19.1. The molecule has 1 aromatic carbocycles. The molecule has 4 heteroatoms. The summed E-state index contributed by atoms with van der Waals surface area (Å²) in [7, 11) is 2.02. The normalized spacial score (nSPS) is 13.1. The molecular formula is C13H20F2N2. The van der Waals surface area contributed by atoms with Crippen LogP contribution in [0.1, 0.15) is 31.4 Å². The molecule has 0 heterocycles. The topological polar surface area (TPSA) is 29.3 Å². The van der Waals surface area contributed by atoms with Gasteiger partial charge in [0, 0.05) is 12.1 Å². The van der Waals surface area contributed by atoms with Crippen molar-refractivity contribution in [1.82, 2.24) is 4.90 Å². The maximum atomic E-state index is 13.0. The highest BCUT2D eigenvalue weighted by molar-refractivity contribution is 5.21. The molecule has 96 valence electrons. The zero-order chi connectivity index (χ0) is 12.8. The molecule has 2 nitrogen and oxygen atoms in total. The largest absolute Gasteiger partial charge is 0.324 e. The molecule has 0 saturated heterocycles. The highest BCUT2D eigenvalue weighted by Gasteiger charge is 2.10. The van der Waals surface area contributed by atoms with E-state index in [0.29, 0.717) is 12.0 Å². The maximum Gasteiger partial charge on any atom is 0.126 e. The van der Waals surface area contributed by atoms with Gasteiger partial charge < -0.3 is 10.6 Å². The van der Waals surface area contributed by atoms with Gasteiger partial charge in [0.25, 0.3) is 0 Å². The Kier molecular flexibility index (Phi) is 5.51. The molecule has 0 amide bonds. The fourth-order valence-corrected chi connectivity index (χ4v) is 1.81. The molecule has 1 rings (SSSR count). The second-order valence-corrected chi connectivity index (χ2v) is 4.40. The molecule has 0 bridgehead atoms. The highest BCUT2D eigenvalue weighted by Crippen LogP contribution is 2.17. The van der Waals surface area contributed by atoms with Crippen LogP contribution in [-0.2, 0) is 0 Å². The van der Waals surface area contributed by atoms with Gasteiger partial charge in [-0.05, 0) is 50.7 Å². The lowest BCUT2D eigenvalue weighted by molar-refractivity contribution is 0.319. The predicted molar refractivity (Wildman–Crippen MR) is 65.7 cm³/mol. The fourth-order valence-electron chi connectivity index (χ4n) is 1.81. The van der Waals surface area contributed by atoms with Gasteiger partial charge in [-0.25, -0.2) is 8.78 Å². The first-order valence-electron chi connectivity index (χ1n) is 5.93. The Morgan fingerprint density at radius 3 is 2.29 bits per heavy atom. The van der Waals surface area contributed by atoms with Crippen molar-refractivity contribution in [2.24, 2.45) is 5.73 Å². The summed E-state index contributed by atoms with van der Waals surface area (Å²) in [5.74, 6) is -1.14.